The van der Waals surface area contributed by atoms with Crippen LogP contribution in [0.1, 0.15) is 23.9 Å². The van der Waals surface area contributed by atoms with E-state index >= 15 is 0 Å². The van der Waals surface area contributed by atoms with Crippen LogP contribution >= 0.6 is 0 Å². The average molecular weight is 349 g/mol. The van der Waals surface area contributed by atoms with E-state index in [-0.39, 0.29) is 17.9 Å². The van der Waals surface area contributed by atoms with Crippen LogP contribution in [0.2, 0.25) is 0 Å². The topological polar surface area (TPSA) is 118 Å². The van der Waals surface area contributed by atoms with Crippen LogP contribution in [0.3, 0.4) is 0 Å². The molecule has 0 radical (unpaired) electrons. The smallest absolute Gasteiger partial charge is 0.326 e. The van der Waals surface area contributed by atoms with Crippen molar-refractivity contribution in [1.82, 2.24) is 9.55 Å². The molecule has 1 aliphatic rings. The predicted molar refractivity (Wildman–Crippen MR) is 86.2 cm³/mol. The molecule has 1 unspecified atom stereocenters. The number of hydrogen-bond donors (Lipinski definition) is 2. The Morgan fingerprint density at radius 3 is 2.71 bits per heavy atom. The maximum absolute atomic E-state index is 12.4. The zero-order chi connectivity index (χ0) is 17.3. The first kappa shape index (κ1) is 16.2. The Kier molecular flexibility index (Phi) is 4.10. The van der Waals surface area contributed by atoms with E-state index in [0.717, 1.165) is 10.8 Å². The number of benzene rings is 1. The first-order valence-corrected chi connectivity index (χ1v) is 8.90. The van der Waals surface area contributed by atoms with Crippen LogP contribution in [-0.2, 0) is 27.0 Å². The number of rotatable bonds is 5. The van der Waals surface area contributed by atoms with Gasteiger partial charge in [-0.25, -0.2) is 18.2 Å². The second-order valence-electron chi connectivity index (χ2n) is 5.50. The Labute approximate surface area is 137 Å². The van der Waals surface area contributed by atoms with Gasteiger partial charge in [0.1, 0.15) is 17.6 Å². The summed E-state index contributed by atoms with van der Waals surface area (Å²) in [5, 5.41) is 9.18. The fourth-order valence-electron chi connectivity index (χ4n) is 2.71. The van der Waals surface area contributed by atoms with Gasteiger partial charge in [0.2, 0.25) is 10.0 Å². The number of carbonyl (C=O) groups is 1. The third-order valence-electron chi connectivity index (χ3n) is 3.77. The molecule has 0 saturated carbocycles. The Balaban J connectivity index is 1.90. The lowest BCUT2D eigenvalue weighted by Crippen LogP contribution is -2.31. The van der Waals surface area contributed by atoms with Gasteiger partial charge in [0.25, 0.3) is 5.56 Å². The number of hydrogen-bond acceptors (Lipinski definition) is 5. The molecule has 0 saturated heterocycles. The minimum absolute atomic E-state index is 0.247. The first-order chi connectivity index (χ1) is 11.4. The Hall–Kier alpha value is -2.68. The summed E-state index contributed by atoms with van der Waals surface area (Å²) in [6.45, 7) is 0. The van der Waals surface area contributed by atoms with Gasteiger partial charge in [0.15, 0.2) is 0 Å². The number of fused-ring (bicyclic) bond motifs is 1. The van der Waals surface area contributed by atoms with Crippen LogP contribution in [0.4, 0.5) is 5.69 Å². The van der Waals surface area contributed by atoms with Gasteiger partial charge in [-0.1, -0.05) is 30.3 Å². The van der Waals surface area contributed by atoms with Gasteiger partial charge >= 0.3 is 5.97 Å². The number of anilines is 1. The Morgan fingerprint density at radius 1 is 1.33 bits per heavy atom. The molecule has 3 rings (SSSR count). The minimum Gasteiger partial charge on any atom is -0.480 e. The van der Waals surface area contributed by atoms with Crippen LogP contribution in [0, 0.1) is 0 Å². The van der Waals surface area contributed by atoms with Crippen molar-refractivity contribution in [3.63, 3.8) is 0 Å². The van der Waals surface area contributed by atoms with Gasteiger partial charge in [0.05, 0.1) is 11.9 Å². The highest BCUT2D eigenvalue weighted by Crippen LogP contribution is 2.23. The molecule has 0 aliphatic carbocycles. The summed E-state index contributed by atoms with van der Waals surface area (Å²) in [4.78, 5) is 27.7. The second-order valence-corrected chi connectivity index (χ2v) is 7.23. The monoisotopic (exact) mass is 349 g/mol. The van der Waals surface area contributed by atoms with Crippen molar-refractivity contribution < 1.29 is 18.3 Å². The zero-order valence-corrected chi connectivity index (χ0v) is 13.4. The number of aliphatic carboxylic acids is 1. The number of aryl methyl sites for hydroxylation is 1. The molecule has 1 aromatic carbocycles. The van der Waals surface area contributed by atoms with Crippen LogP contribution in [0.15, 0.2) is 41.3 Å². The Morgan fingerprint density at radius 2 is 2.04 bits per heavy atom. The van der Waals surface area contributed by atoms with Gasteiger partial charge in [-0.15, -0.1) is 0 Å². The molecule has 126 valence electrons. The van der Waals surface area contributed by atoms with Crippen LogP contribution in [0.25, 0.3) is 0 Å². The molecular weight excluding hydrogens is 334 g/mol. The molecule has 8 nitrogen and oxygen atoms in total. The van der Waals surface area contributed by atoms with Crippen LogP contribution < -0.4 is 10.3 Å². The highest BCUT2D eigenvalue weighted by atomic mass is 32.2. The van der Waals surface area contributed by atoms with Crippen molar-refractivity contribution in [3.8, 4) is 0 Å². The summed E-state index contributed by atoms with van der Waals surface area (Å²) in [6.07, 6.45) is 1.77. The maximum atomic E-state index is 12.4. The molecule has 1 aliphatic heterocycles. The highest BCUT2D eigenvalue weighted by molar-refractivity contribution is 7.91. The SMILES string of the molecule is O=C(O)C1CCc2ncc(NS(=O)(=O)Cc3ccccc3)c(=O)n21. The fraction of sp³-hybridized carbons (Fsp3) is 0.267. The Bertz CT molecular complexity index is 937. The average Bonchev–Trinajstić information content (AvgIpc) is 2.95. The maximum Gasteiger partial charge on any atom is 0.326 e. The summed E-state index contributed by atoms with van der Waals surface area (Å²) >= 11 is 0. The van der Waals surface area contributed by atoms with E-state index in [0.29, 0.717) is 17.8 Å². The van der Waals surface area contributed by atoms with E-state index in [1.807, 2.05) is 0 Å². The quantitative estimate of drug-likeness (QED) is 0.822. The number of carboxylic acids is 1. The third kappa shape index (κ3) is 3.16. The first-order valence-electron chi connectivity index (χ1n) is 7.25. The lowest BCUT2D eigenvalue weighted by Gasteiger charge is -2.12. The third-order valence-corrected chi connectivity index (χ3v) is 5.02. The summed E-state index contributed by atoms with van der Waals surface area (Å²) < 4.78 is 27.7. The molecule has 0 bridgehead atoms. The molecule has 2 N–H and O–H groups in total. The van der Waals surface area contributed by atoms with Crippen molar-refractivity contribution in [1.29, 1.82) is 0 Å². The van der Waals surface area contributed by atoms with Crippen molar-refractivity contribution in [2.75, 3.05) is 4.72 Å². The van der Waals surface area contributed by atoms with E-state index in [4.69, 9.17) is 0 Å². The minimum atomic E-state index is -3.82. The number of sulfonamides is 1. The van der Waals surface area contributed by atoms with E-state index in [1.165, 1.54) is 0 Å². The van der Waals surface area contributed by atoms with E-state index in [2.05, 4.69) is 9.71 Å². The summed E-state index contributed by atoms with van der Waals surface area (Å²) in [5.74, 6) is -1.09. The number of nitrogens with zero attached hydrogens (tertiary/aromatic N) is 2. The molecular formula is C15H15N3O5S. The van der Waals surface area contributed by atoms with Gasteiger partial charge in [-0.3, -0.25) is 14.1 Å². The molecule has 2 aromatic rings. The van der Waals surface area contributed by atoms with Gasteiger partial charge in [-0.05, 0) is 12.0 Å². The molecule has 1 atom stereocenters. The lowest BCUT2D eigenvalue weighted by molar-refractivity contribution is -0.140. The summed E-state index contributed by atoms with van der Waals surface area (Å²) in [7, 11) is -3.82. The van der Waals surface area contributed by atoms with E-state index in [9.17, 15) is 23.1 Å². The lowest BCUT2D eigenvalue weighted by atomic mass is 10.2. The summed E-state index contributed by atoms with van der Waals surface area (Å²) in [5.41, 5.74) is -0.369. The number of carboxylic acid groups (broad SMARTS) is 1. The van der Waals surface area contributed by atoms with Crippen molar-refractivity contribution in [2.45, 2.75) is 24.6 Å². The van der Waals surface area contributed by atoms with Crippen molar-refractivity contribution >= 4 is 21.7 Å². The number of aromatic nitrogens is 2. The van der Waals surface area contributed by atoms with E-state index in [1.54, 1.807) is 30.3 Å². The molecule has 24 heavy (non-hydrogen) atoms. The van der Waals surface area contributed by atoms with Crippen molar-refractivity contribution in [2.24, 2.45) is 0 Å². The molecule has 2 heterocycles. The second kappa shape index (κ2) is 6.08. The zero-order valence-electron chi connectivity index (χ0n) is 12.5. The van der Waals surface area contributed by atoms with Crippen LogP contribution in [-0.4, -0.2) is 29.0 Å². The van der Waals surface area contributed by atoms with Gasteiger partial charge in [0, 0.05) is 6.42 Å². The fourth-order valence-corrected chi connectivity index (χ4v) is 3.88. The molecule has 0 spiro atoms. The van der Waals surface area contributed by atoms with Crippen molar-refractivity contribution in [3.05, 3.63) is 58.3 Å². The summed E-state index contributed by atoms with van der Waals surface area (Å²) in [6, 6.07) is 7.51. The standard InChI is InChI=1S/C15H15N3O5S/c19-14-11(8-16-13-7-6-12(15(20)21)18(13)14)17-24(22,23)9-10-4-2-1-3-5-10/h1-5,8,12,17H,6-7,9H2,(H,20,21). The van der Waals surface area contributed by atoms with Gasteiger partial charge in [-0.2, -0.15) is 0 Å². The largest absolute Gasteiger partial charge is 0.480 e. The van der Waals surface area contributed by atoms with Gasteiger partial charge < -0.3 is 5.11 Å². The van der Waals surface area contributed by atoms with E-state index < -0.39 is 27.6 Å². The highest BCUT2D eigenvalue weighted by Gasteiger charge is 2.31. The predicted octanol–water partition coefficient (Wildman–Crippen LogP) is 0.757. The molecule has 0 fully saturated rings. The molecule has 1 aromatic heterocycles. The molecule has 0 amide bonds. The normalized spacial score (nSPS) is 16.6. The number of nitrogens with one attached hydrogen (secondary N) is 1. The molecule has 9 heteroatoms. The van der Waals surface area contributed by atoms with Crippen LogP contribution in [0.5, 0.6) is 0 Å².